The summed E-state index contributed by atoms with van der Waals surface area (Å²) in [5.41, 5.74) is 5.41. The third kappa shape index (κ3) is 3.85. The van der Waals surface area contributed by atoms with E-state index in [1.54, 1.807) is 10.7 Å². The van der Waals surface area contributed by atoms with Gasteiger partial charge in [0.15, 0.2) is 5.65 Å². The summed E-state index contributed by atoms with van der Waals surface area (Å²) in [6.45, 7) is 7.72. The van der Waals surface area contributed by atoms with Crippen LogP contribution in [0.2, 0.25) is 0 Å². The molecule has 3 heterocycles. The molecule has 0 saturated carbocycles. The number of carbonyl (C=O) groups is 1. The van der Waals surface area contributed by atoms with Crippen molar-refractivity contribution in [2.75, 3.05) is 13.1 Å². The molecule has 4 rings (SSSR count). The standard InChI is InChI=1S/C21H25N5O/c1-15-11-20-22-13-19(16(2)26(20)24-15)21(27)23-12-17-5-7-18(8-6-17)14-25-9-3-4-10-25/h5-8,11,13H,3-4,9-10,12,14H2,1-2H3,(H,23,27). The molecule has 0 unspecified atom stereocenters. The first-order valence-electron chi connectivity index (χ1n) is 9.50. The summed E-state index contributed by atoms with van der Waals surface area (Å²) in [4.78, 5) is 19.4. The summed E-state index contributed by atoms with van der Waals surface area (Å²) in [5.74, 6) is -0.129. The molecule has 1 saturated heterocycles. The average Bonchev–Trinajstić information content (AvgIpc) is 3.30. The van der Waals surface area contributed by atoms with E-state index in [4.69, 9.17) is 0 Å². The summed E-state index contributed by atoms with van der Waals surface area (Å²) in [6.07, 6.45) is 4.24. The SMILES string of the molecule is Cc1cc2ncc(C(=O)NCc3ccc(CN4CCCC4)cc3)c(C)n2n1. The number of aryl methyl sites for hydroxylation is 2. The Bertz CT molecular complexity index is 955. The third-order valence-electron chi connectivity index (χ3n) is 5.17. The second-order valence-corrected chi connectivity index (χ2v) is 7.30. The lowest BCUT2D eigenvalue weighted by molar-refractivity contribution is 0.0949. The first-order chi connectivity index (χ1) is 13.1. The van der Waals surface area contributed by atoms with Crippen molar-refractivity contribution in [3.63, 3.8) is 0 Å². The van der Waals surface area contributed by atoms with Gasteiger partial charge in [-0.1, -0.05) is 24.3 Å². The average molecular weight is 363 g/mol. The lowest BCUT2D eigenvalue weighted by Crippen LogP contribution is -2.24. The van der Waals surface area contributed by atoms with E-state index in [0.29, 0.717) is 12.1 Å². The summed E-state index contributed by atoms with van der Waals surface area (Å²) in [6, 6.07) is 10.4. The molecule has 1 amide bonds. The van der Waals surface area contributed by atoms with Crippen LogP contribution in [0.25, 0.3) is 5.65 Å². The summed E-state index contributed by atoms with van der Waals surface area (Å²) in [5, 5.41) is 7.39. The highest BCUT2D eigenvalue weighted by Gasteiger charge is 2.14. The van der Waals surface area contributed by atoms with Crippen LogP contribution >= 0.6 is 0 Å². The van der Waals surface area contributed by atoms with Gasteiger partial charge in [-0.15, -0.1) is 0 Å². The lowest BCUT2D eigenvalue weighted by atomic mass is 10.1. The number of aromatic nitrogens is 3. The zero-order chi connectivity index (χ0) is 18.8. The van der Waals surface area contributed by atoms with Crippen LogP contribution < -0.4 is 5.32 Å². The molecule has 1 aliphatic rings. The van der Waals surface area contributed by atoms with Gasteiger partial charge < -0.3 is 5.32 Å². The van der Waals surface area contributed by atoms with Gasteiger partial charge in [-0.05, 0) is 50.9 Å². The Balaban J connectivity index is 1.39. The smallest absolute Gasteiger partial charge is 0.254 e. The van der Waals surface area contributed by atoms with Crippen molar-refractivity contribution in [3.8, 4) is 0 Å². The van der Waals surface area contributed by atoms with Gasteiger partial charge in [0, 0.05) is 25.4 Å². The minimum atomic E-state index is -0.129. The van der Waals surface area contributed by atoms with E-state index in [0.717, 1.165) is 29.1 Å². The fourth-order valence-electron chi connectivity index (χ4n) is 3.62. The molecule has 0 bridgehead atoms. The normalized spacial score (nSPS) is 14.7. The Labute approximate surface area is 159 Å². The van der Waals surface area contributed by atoms with Crippen LogP contribution in [0.4, 0.5) is 0 Å². The van der Waals surface area contributed by atoms with Crippen LogP contribution in [0, 0.1) is 13.8 Å². The number of hydrogen-bond acceptors (Lipinski definition) is 4. The Morgan fingerprint density at radius 1 is 1.11 bits per heavy atom. The maximum absolute atomic E-state index is 12.6. The van der Waals surface area contributed by atoms with E-state index >= 15 is 0 Å². The third-order valence-corrected chi connectivity index (χ3v) is 5.17. The van der Waals surface area contributed by atoms with Crippen molar-refractivity contribution in [1.29, 1.82) is 0 Å². The molecule has 27 heavy (non-hydrogen) atoms. The van der Waals surface area contributed by atoms with Crippen LogP contribution in [0.3, 0.4) is 0 Å². The van der Waals surface area contributed by atoms with Gasteiger partial charge in [-0.25, -0.2) is 9.50 Å². The van der Waals surface area contributed by atoms with Gasteiger partial charge in [0.2, 0.25) is 0 Å². The number of hydrogen-bond donors (Lipinski definition) is 1. The monoisotopic (exact) mass is 363 g/mol. The second-order valence-electron chi connectivity index (χ2n) is 7.30. The van der Waals surface area contributed by atoms with E-state index < -0.39 is 0 Å². The molecule has 2 aromatic heterocycles. The number of nitrogens with zero attached hydrogens (tertiary/aromatic N) is 4. The molecule has 1 aromatic carbocycles. The Hall–Kier alpha value is -2.73. The van der Waals surface area contributed by atoms with Crippen LogP contribution in [-0.4, -0.2) is 38.5 Å². The summed E-state index contributed by atoms with van der Waals surface area (Å²) >= 11 is 0. The van der Waals surface area contributed by atoms with Crippen molar-refractivity contribution >= 4 is 11.6 Å². The summed E-state index contributed by atoms with van der Waals surface area (Å²) in [7, 11) is 0. The number of likely N-dealkylation sites (tertiary alicyclic amines) is 1. The van der Waals surface area contributed by atoms with Crippen LogP contribution in [0.1, 0.15) is 45.7 Å². The number of carbonyl (C=O) groups excluding carboxylic acids is 1. The quantitative estimate of drug-likeness (QED) is 0.757. The van der Waals surface area contributed by atoms with Gasteiger partial charge in [-0.2, -0.15) is 5.10 Å². The summed E-state index contributed by atoms with van der Waals surface area (Å²) < 4.78 is 1.72. The van der Waals surface area contributed by atoms with E-state index in [1.165, 1.54) is 31.5 Å². The van der Waals surface area contributed by atoms with Gasteiger partial charge in [0.05, 0.1) is 17.0 Å². The molecule has 140 valence electrons. The molecular formula is C21H25N5O. The van der Waals surface area contributed by atoms with Crippen molar-refractivity contribution < 1.29 is 4.79 Å². The Kier molecular flexibility index (Phi) is 4.90. The zero-order valence-electron chi connectivity index (χ0n) is 15.9. The highest BCUT2D eigenvalue weighted by atomic mass is 16.1. The predicted octanol–water partition coefficient (Wildman–Crippen LogP) is 2.87. The molecule has 3 aromatic rings. The highest BCUT2D eigenvalue weighted by molar-refractivity contribution is 5.95. The molecule has 1 N–H and O–H groups in total. The van der Waals surface area contributed by atoms with Crippen molar-refractivity contribution in [3.05, 3.63) is 64.6 Å². The van der Waals surface area contributed by atoms with E-state index in [-0.39, 0.29) is 5.91 Å². The number of amides is 1. The number of nitrogens with one attached hydrogen (secondary N) is 1. The van der Waals surface area contributed by atoms with Crippen molar-refractivity contribution in [1.82, 2.24) is 24.8 Å². The van der Waals surface area contributed by atoms with Crippen molar-refractivity contribution in [2.24, 2.45) is 0 Å². The van der Waals surface area contributed by atoms with Gasteiger partial charge in [-0.3, -0.25) is 9.69 Å². The Morgan fingerprint density at radius 3 is 2.56 bits per heavy atom. The minimum Gasteiger partial charge on any atom is -0.348 e. The molecule has 0 spiro atoms. The molecule has 0 aliphatic carbocycles. The van der Waals surface area contributed by atoms with Crippen LogP contribution in [0.5, 0.6) is 0 Å². The predicted molar refractivity (Wildman–Crippen MR) is 105 cm³/mol. The minimum absolute atomic E-state index is 0.129. The molecule has 6 heteroatoms. The largest absolute Gasteiger partial charge is 0.348 e. The molecule has 1 fully saturated rings. The maximum atomic E-state index is 12.6. The topological polar surface area (TPSA) is 62.5 Å². The lowest BCUT2D eigenvalue weighted by Gasteiger charge is -2.14. The number of rotatable bonds is 5. The molecule has 0 radical (unpaired) electrons. The van der Waals surface area contributed by atoms with Crippen LogP contribution in [0.15, 0.2) is 36.5 Å². The first kappa shape index (κ1) is 17.7. The van der Waals surface area contributed by atoms with E-state index in [2.05, 4.69) is 44.6 Å². The van der Waals surface area contributed by atoms with Gasteiger partial charge >= 0.3 is 0 Å². The van der Waals surface area contributed by atoms with Crippen LogP contribution in [-0.2, 0) is 13.1 Å². The molecule has 6 nitrogen and oxygen atoms in total. The highest BCUT2D eigenvalue weighted by Crippen LogP contribution is 2.14. The van der Waals surface area contributed by atoms with Crippen molar-refractivity contribution in [2.45, 2.75) is 39.8 Å². The first-order valence-corrected chi connectivity index (χ1v) is 9.50. The zero-order valence-corrected chi connectivity index (χ0v) is 15.9. The molecule has 0 atom stereocenters. The fourth-order valence-corrected chi connectivity index (χ4v) is 3.62. The molecule has 1 aliphatic heterocycles. The fraction of sp³-hybridized carbons (Fsp3) is 0.381. The van der Waals surface area contributed by atoms with Gasteiger partial charge in [0.25, 0.3) is 5.91 Å². The van der Waals surface area contributed by atoms with Gasteiger partial charge in [0.1, 0.15) is 0 Å². The molecular weight excluding hydrogens is 338 g/mol. The Morgan fingerprint density at radius 2 is 1.81 bits per heavy atom. The number of benzene rings is 1. The maximum Gasteiger partial charge on any atom is 0.254 e. The van der Waals surface area contributed by atoms with E-state index in [1.807, 2.05) is 19.9 Å². The number of fused-ring (bicyclic) bond motifs is 1. The second kappa shape index (κ2) is 7.48. The van der Waals surface area contributed by atoms with E-state index in [9.17, 15) is 4.79 Å².